The Morgan fingerprint density at radius 3 is 2.56 bits per heavy atom. The molecular weight excluding hydrogens is 244 g/mol. The van der Waals surface area contributed by atoms with Crippen LogP contribution in [0.2, 0.25) is 0 Å². The van der Waals surface area contributed by atoms with Crippen LogP contribution in [0.15, 0.2) is 24.3 Å². The number of hydrogen-bond acceptors (Lipinski definition) is 2. The minimum atomic E-state index is 0.597. The van der Waals surface area contributed by atoms with Crippen LogP contribution in [0.25, 0.3) is 0 Å². The predicted octanol–water partition coefficient (Wildman–Crippen LogP) is 3.35. The summed E-state index contributed by atoms with van der Waals surface area (Å²) < 4.78 is 0. The van der Waals surface area contributed by atoms with Crippen LogP contribution < -0.4 is 4.90 Å². The summed E-state index contributed by atoms with van der Waals surface area (Å²) in [7, 11) is 2.22. The summed E-state index contributed by atoms with van der Waals surface area (Å²) in [5.41, 5.74) is 2.53. The molecule has 1 heterocycles. The van der Waals surface area contributed by atoms with Crippen molar-refractivity contribution in [3.05, 3.63) is 29.8 Å². The second-order valence-corrected chi connectivity index (χ2v) is 5.44. The lowest BCUT2D eigenvalue weighted by Gasteiger charge is -2.32. The highest BCUT2D eigenvalue weighted by Crippen LogP contribution is 2.22. The molecule has 0 amide bonds. The van der Waals surface area contributed by atoms with Gasteiger partial charge >= 0.3 is 0 Å². The number of nitrogens with zero attached hydrogens (tertiary/aromatic N) is 2. The van der Waals surface area contributed by atoms with Crippen LogP contribution in [0.4, 0.5) is 5.69 Å². The molecule has 0 N–H and O–H groups in total. The van der Waals surface area contributed by atoms with Gasteiger partial charge in [-0.1, -0.05) is 19.1 Å². The Morgan fingerprint density at radius 2 is 1.94 bits per heavy atom. The molecule has 100 valence electrons. The van der Waals surface area contributed by atoms with E-state index in [-0.39, 0.29) is 0 Å². The normalized spacial score (nSPS) is 21.9. The van der Waals surface area contributed by atoms with E-state index in [1.165, 1.54) is 30.6 Å². The molecular formula is C15H23ClN2. The van der Waals surface area contributed by atoms with E-state index in [9.17, 15) is 0 Å². The first-order chi connectivity index (χ1) is 8.74. The lowest BCUT2D eigenvalue weighted by atomic mass is 10.1. The summed E-state index contributed by atoms with van der Waals surface area (Å²) >= 11 is 5.85. The van der Waals surface area contributed by atoms with E-state index in [0.717, 1.165) is 13.1 Å². The first-order valence-corrected chi connectivity index (χ1v) is 7.38. The highest BCUT2D eigenvalue weighted by Gasteiger charge is 2.21. The van der Waals surface area contributed by atoms with Gasteiger partial charge in [-0.2, -0.15) is 0 Å². The zero-order valence-electron chi connectivity index (χ0n) is 11.4. The Labute approximate surface area is 116 Å². The topological polar surface area (TPSA) is 6.48 Å². The minimum absolute atomic E-state index is 0.597. The number of hydrogen-bond donors (Lipinski definition) is 0. The van der Waals surface area contributed by atoms with E-state index < -0.39 is 0 Å². The van der Waals surface area contributed by atoms with Crippen molar-refractivity contribution in [3.63, 3.8) is 0 Å². The highest BCUT2D eigenvalue weighted by molar-refractivity contribution is 6.17. The largest absolute Gasteiger partial charge is 0.367 e. The van der Waals surface area contributed by atoms with Gasteiger partial charge in [0.25, 0.3) is 0 Å². The third kappa shape index (κ3) is 3.18. The smallest absolute Gasteiger partial charge is 0.0474 e. The molecule has 1 fully saturated rings. The fourth-order valence-electron chi connectivity index (χ4n) is 2.71. The molecule has 18 heavy (non-hydrogen) atoms. The van der Waals surface area contributed by atoms with Gasteiger partial charge in [0.15, 0.2) is 0 Å². The molecule has 1 atom stereocenters. The van der Waals surface area contributed by atoms with Crippen molar-refractivity contribution in [2.75, 3.05) is 31.6 Å². The van der Waals surface area contributed by atoms with Crippen LogP contribution in [0, 0.1) is 0 Å². The minimum Gasteiger partial charge on any atom is -0.367 e. The summed E-state index contributed by atoms with van der Waals surface area (Å²) in [6.45, 7) is 5.80. The molecule has 3 heteroatoms. The SMILES string of the molecule is CCC1CN(C)CCCN1c1ccc(CCl)cc1. The summed E-state index contributed by atoms with van der Waals surface area (Å²) in [6, 6.07) is 9.34. The van der Waals surface area contributed by atoms with Gasteiger partial charge in [-0.15, -0.1) is 11.6 Å². The summed E-state index contributed by atoms with van der Waals surface area (Å²) in [5.74, 6) is 0.597. The fourth-order valence-corrected chi connectivity index (χ4v) is 2.89. The zero-order chi connectivity index (χ0) is 13.0. The molecule has 1 aliphatic heterocycles. The standard InChI is InChI=1S/C15H23ClN2/c1-3-14-12-17(2)9-4-10-18(14)15-7-5-13(11-16)6-8-15/h5-8,14H,3-4,9-12H2,1-2H3. The second-order valence-electron chi connectivity index (χ2n) is 5.17. The van der Waals surface area contributed by atoms with Crippen molar-refractivity contribution in [2.45, 2.75) is 31.7 Å². The molecule has 0 aliphatic carbocycles. The van der Waals surface area contributed by atoms with Crippen LogP contribution in [0.5, 0.6) is 0 Å². The van der Waals surface area contributed by atoms with Crippen molar-refractivity contribution in [1.82, 2.24) is 4.90 Å². The summed E-state index contributed by atoms with van der Waals surface area (Å²) in [5, 5.41) is 0. The van der Waals surface area contributed by atoms with Crippen molar-refractivity contribution in [2.24, 2.45) is 0 Å². The summed E-state index contributed by atoms with van der Waals surface area (Å²) in [6.07, 6.45) is 2.44. The Bertz CT molecular complexity index is 363. The Morgan fingerprint density at radius 1 is 1.22 bits per heavy atom. The highest BCUT2D eigenvalue weighted by atomic mass is 35.5. The van der Waals surface area contributed by atoms with Crippen molar-refractivity contribution >= 4 is 17.3 Å². The van der Waals surface area contributed by atoms with Gasteiger partial charge in [0.05, 0.1) is 0 Å². The third-order valence-corrected chi connectivity index (χ3v) is 4.10. The number of alkyl halides is 1. The van der Waals surface area contributed by atoms with E-state index in [1.54, 1.807) is 0 Å². The molecule has 1 saturated heterocycles. The van der Waals surface area contributed by atoms with E-state index in [1.807, 2.05) is 0 Å². The van der Waals surface area contributed by atoms with E-state index in [4.69, 9.17) is 11.6 Å². The first-order valence-electron chi connectivity index (χ1n) is 6.84. The van der Waals surface area contributed by atoms with Gasteiger partial charge in [0, 0.05) is 30.7 Å². The summed E-state index contributed by atoms with van der Waals surface area (Å²) in [4.78, 5) is 5.00. The van der Waals surface area contributed by atoms with Crippen LogP contribution in [0.3, 0.4) is 0 Å². The molecule has 2 rings (SSSR count). The van der Waals surface area contributed by atoms with Gasteiger partial charge in [0.1, 0.15) is 0 Å². The van der Waals surface area contributed by atoms with Gasteiger partial charge in [-0.25, -0.2) is 0 Å². The van der Waals surface area contributed by atoms with Gasteiger partial charge in [-0.3, -0.25) is 0 Å². The maximum absolute atomic E-state index is 5.85. The lowest BCUT2D eigenvalue weighted by molar-refractivity contribution is 0.328. The monoisotopic (exact) mass is 266 g/mol. The molecule has 2 nitrogen and oxygen atoms in total. The van der Waals surface area contributed by atoms with Gasteiger partial charge < -0.3 is 9.80 Å². The fraction of sp³-hybridized carbons (Fsp3) is 0.600. The molecule has 0 bridgehead atoms. The lowest BCUT2D eigenvalue weighted by Crippen LogP contribution is -2.39. The molecule has 0 radical (unpaired) electrons. The number of rotatable bonds is 3. The molecule has 1 aromatic carbocycles. The second kappa shape index (κ2) is 6.44. The zero-order valence-corrected chi connectivity index (χ0v) is 12.2. The van der Waals surface area contributed by atoms with E-state index in [2.05, 4.69) is 48.0 Å². The van der Waals surface area contributed by atoms with Crippen LogP contribution in [0.1, 0.15) is 25.3 Å². The molecule has 1 aromatic rings. The molecule has 0 saturated carbocycles. The number of halogens is 1. The van der Waals surface area contributed by atoms with E-state index >= 15 is 0 Å². The molecule has 1 aliphatic rings. The first kappa shape index (κ1) is 13.7. The predicted molar refractivity (Wildman–Crippen MR) is 79.5 cm³/mol. The third-order valence-electron chi connectivity index (χ3n) is 3.80. The van der Waals surface area contributed by atoms with Crippen molar-refractivity contribution in [3.8, 4) is 0 Å². The number of likely N-dealkylation sites (N-methyl/N-ethyl adjacent to an activating group) is 1. The maximum atomic E-state index is 5.85. The Balaban J connectivity index is 2.17. The number of anilines is 1. The quantitative estimate of drug-likeness (QED) is 0.775. The number of benzene rings is 1. The van der Waals surface area contributed by atoms with Gasteiger partial charge in [0.2, 0.25) is 0 Å². The van der Waals surface area contributed by atoms with Gasteiger partial charge in [-0.05, 0) is 44.1 Å². The van der Waals surface area contributed by atoms with Crippen LogP contribution in [-0.4, -0.2) is 37.6 Å². The molecule has 0 aromatic heterocycles. The average molecular weight is 267 g/mol. The average Bonchev–Trinajstić information content (AvgIpc) is 2.60. The van der Waals surface area contributed by atoms with E-state index in [0.29, 0.717) is 11.9 Å². The molecule has 1 unspecified atom stereocenters. The maximum Gasteiger partial charge on any atom is 0.0474 e. The Kier molecular flexibility index (Phi) is 4.90. The molecule has 0 spiro atoms. The Hall–Kier alpha value is -0.730. The van der Waals surface area contributed by atoms with Crippen molar-refractivity contribution < 1.29 is 0 Å². The van der Waals surface area contributed by atoms with Crippen molar-refractivity contribution in [1.29, 1.82) is 0 Å². The van der Waals surface area contributed by atoms with Crippen LogP contribution in [-0.2, 0) is 5.88 Å². The van der Waals surface area contributed by atoms with Crippen LogP contribution >= 0.6 is 11.6 Å².